The maximum atomic E-state index is 12.9. The van der Waals surface area contributed by atoms with Crippen molar-refractivity contribution < 1.29 is 28.6 Å². The summed E-state index contributed by atoms with van der Waals surface area (Å²) in [6.45, 7) is 6.67. The molecule has 0 aromatic rings. The Hall–Kier alpha value is -2.37. The first-order valence-corrected chi connectivity index (χ1v) is 30.5. The molecule has 0 aliphatic carbocycles. The summed E-state index contributed by atoms with van der Waals surface area (Å²) in [4.78, 5) is 38.2. The topological polar surface area (TPSA) is 78.9 Å². The van der Waals surface area contributed by atoms with Crippen molar-refractivity contribution in [2.75, 3.05) is 13.2 Å². The van der Waals surface area contributed by atoms with Gasteiger partial charge in [0.2, 0.25) is 0 Å². The molecule has 0 aliphatic heterocycles. The van der Waals surface area contributed by atoms with Crippen molar-refractivity contribution in [2.45, 2.75) is 335 Å². The van der Waals surface area contributed by atoms with Gasteiger partial charge in [0.05, 0.1) is 0 Å². The van der Waals surface area contributed by atoms with Gasteiger partial charge in [0.15, 0.2) is 6.10 Å². The number of esters is 3. The fourth-order valence-electron chi connectivity index (χ4n) is 9.04. The molecule has 0 rings (SSSR count). The molecule has 0 aromatic heterocycles. The number of carbonyl (C=O) groups is 3. The van der Waals surface area contributed by atoms with Gasteiger partial charge in [0.1, 0.15) is 13.2 Å². The Morgan fingerprint density at radius 3 is 0.812 bits per heavy atom. The van der Waals surface area contributed by atoms with Crippen molar-refractivity contribution in [3.63, 3.8) is 0 Å². The molecule has 0 amide bonds. The number of carbonyl (C=O) groups excluding carboxylic acids is 3. The highest BCUT2D eigenvalue weighted by atomic mass is 16.6. The third-order valence-electron chi connectivity index (χ3n) is 13.6. The summed E-state index contributed by atoms with van der Waals surface area (Å²) < 4.78 is 16.9. The number of ether oxygens (including phenoxy) is 3. The standard InChI is InChI=1S/C63H116O6/c1-4-7-10-13-16-19-22-25-28-29-30-31-32-33-34-35-36-39-41-44-47-50-53-56-62(65)68-59-60(69-63(66)57-54-51-48-45-42-38-27-24-21-18-15-12-9-6-3)58-67-61(64)55-52-49-46-43-40-37-26-23-20-17-14-11-8-5-2/h22,25,29-30,32-33,60H,4-21,23-24,26-28,31,34-59H2,1-3H3/b25-22-,30-29-,33-32-. The zero-order valence-electron chi connectivity index (χ0n) is 46.3. The Labute approximate surface area is 429 Å². The molecule has 1 atom stereocenters. The summed E-state index contributed by atoms with van der Waals surface area (Å²) in [7, 11) is 0. The molecular weight excluding hydrogens is 853 g/mol. The second kappa shape index (κ2) is 58.2. The molecule has 0 aromatic carbocycles. The maximum absolute atomic E-state index is 12.9. The molecule has 0 heterocycles. The van der Waals surface area contributed by atoms with Gasteiger partial charge < -0.3 is 14.2 Å². The maximum Gasteiger partial charge on any atom is 0.306 e. The molecule has 0 saturated carbocycles. The molecule has 0 radical (unpaired) electrons. The average Bonchev–Trinajstić information content (AvgIpc) is 3.35. The molecule has 404 valence electrons. The largest absolute Gasteiger partial charge is 0.462 e. The SMILES string of the molecule is CCCCCCC/C=C\C/C=C\C/C=C\CCCCCCCCCCC(=O)OCC(COC(=O)CCCCCCCCCCCCCCCC)OC(=O)CCCCCCCCCCCCCCCC. The Kier molecular flexibility index (Phi) is 56.2. The zero-order chi connectivity index (χ0) is 50.0. The molecule has 1 unspecified atom stereocenters. The van der Waals surface area contributed by atoms with E-state index in [0.29, 0.717) is 19.3 Å². The second-order valence-electron chi connectivity index (χ2n) is 20.6. The number of allylic oxidation sites excluding steroid dienone is 6. The van der Waals surface area contributed by atoms with Crippen molar-refractivity contribution in [1.29, 1.82) is 0 Å². The van der Waals surface area contributed by atoms with Crippen LogP contribution in [0, 0.1) is 0 Å². The van der Waals surface area contributed by atoms with E-state index in [0.717, 1.165) is 77.0 Å². The fraction of sp³-hybridized carbons (Fsp3) is 0.857. The lowest BCUT2D eigenvalue weighted by Crippen LogP contribution is -2.30. The molecule has 0 N–H and O–H groups in total. The highest BCUT2D eigenvalue weighted by Gasteiger charge is 2.19. The van der Waals surface area contributed by atoms with Gasteiger partial charge in [-0.25, -0.2) is 0 Å². The van der Waals surface area contributed by atoms with Gasteiger partial charge in [0, 0.05) is 19.3 Å². The zero-order valence-corrected chi connectivity index (χ0v) is 46.3. The van der Waals surface area contributed by atoms with Crippen LogP contribution in [0.3, 0.4) is 0 Å². The van der Waals surface area contributed by atoms with Crippen LogP contribution < -0.4 is 0 Å². The van der Waals surface area contributed by atoms with Crippen LogP contribution in [-0.4, -0.2) is 37.2 Å². The Morgan fingerprint density at radius 1 is 0.290 bits per heavy atom. The minimum Gasteiger partial charge on any atom is -0.462 e. The molecule has 6 nitrogen and oxygen atoms in total. The van der Waals surface area contributed by atoms with Crippen LogP contribution in [0.2, 0.25) is 0 Å². The van der Waals surface area contributed by atoms with E-state index in [-0.39, 0.29) is 31.1 Å². The van der Waals surface area contributed by atoms with Crippen molar-refractivity contribution in [3.05, 3.63) is 36.5 Å². The lowest BCUT2D eigenvalue weighted by molar-refractivity contribution is -0.167. The summed E-state index contributed by atoms with van der Waals surface area (Å²) >= 11 is 0. The summed E-state index contributed by atoms with van der Waals surface area (Å²) in [5.41, 5.74) is 0. The number of hydrogen-bond donors (Lipinski definition) is 0. The smallest absolute Gasteiger partial charge is 0.306 e. The Balaban J connectivity index is 4.29. The number of unbranched alkanes of at least 4 members (excludes halogenated alkanes) is 39. The second-order valence-corrected chi connectivity index (χ2v) is 20.6. The molecule has 0 bridgehead atoms. The predicted octanol–water partition coefficient (Wildman–Crippen LogP) is 20.4. The quantitative estimate of drug-likeness (QED) is 0.0261. The van der Waals surface area contributed by atoms with Crippen LogP contribution in [-0.2, 0) is 28.6 Å². The van der Waals surface area contributed by atoms with Gasteiger partial charge in [0.25, 0.3) is 0 Å². The first-order valence-electron chi connectivity index (χ1n) is 30.5. The van der Waals surface area contributed by atoms with Gasteiger partial charge in [-0.1, -0.05) is 288 Å². The number of rotatable bonds is 56. The Morgan fingerprint density at radius 2 is 0.522 bits per heavy atom. The highest BCUT2D eigenvalue weighted by molar-refractivity contribution is 5.71. The normalized spacial score (nSPS) is 12.2. The van der Waals surface area contributed by atoms with Gasteiger partial charge in [-0.2, -0.15) is 0 Å². The predicted molar refractivity (Wildman–Crippen MR) is 298 cm³/mol. The first-order chi connectivity index (χ1) is 34.0. The highest BCUT2D eigenvalue weighted by Crippen LogP contribution is 2.17. The van der Waals surface area contributed by atoms with Crippen molar-refractivity contribution in [3.8, 4) is 0 Å². The average molecular weight is 970 g/mol. The van der Waals surface area contributed by atoms with E-state index in [1.807, 2.05) is 0 Å². The van der Waals surface area contributed by atoms with E-state index in [2.05, 4.69) is 57.2 Å². The third-order valence-corrected chi connectivity index (χ3v) is 13.6. The lowest BCUT2D eigenvalue weighted by Gasteiger charge is -2.18. The van der Waals surface area contributed by atoms with E-state index in [4.69, 9.17) is 14.2 Å². The summed E-state index contributed by atoms with van der Waals surface area (Å²) in [5.74, 6) is -0.855. The molecule has 0 fully saturated rings. The van der Waals surface area contributed by atoms with E-state index in [9.17, 15) is 14.4 Å². The van der Waals surface area contributed by atoms with Gasteiger partial charge in [-0.15, -0.1) is 0 Å². The molecule has 6 heteroatoms. The van der Waals surface area contributed by atoms with Crippen molar-refractivity contribution >= 4 is 17.9 Å². The fourth-order valence-corrected chi connectivity index (χ4v) is 9.04. The molecular formula is C63H116O6. The van der Waals surface area contributed by atoms with E-state index < -0.39 is 6.10 Å². The molecule has 0 aliphatic rings. The summed E-state index contributed by atoms with van der Waals surface area (Å²) in [6.07, 6.45) is 69.9. The van der Waals surface area contributed by atoms with Crippen LogP contribution in [0.4, 0.5) is 0 Å². The van der Waals surface area contributed by atoms with E-state index in [1.165, 1.54) is 212 Å². The summed E-state index contributed by atoms with van der Waals surface area (Å²) in [5, 5.41) is 0. The monoisotopic (exact) mass is 969 g/mol. The van der Waals surface area contributed by atoms with Crippen LogP contribution in [0.25, 0.3) is 0 Å². The van der Waals surface area contributed by atoms with Crippen LogP contribution >= 0.6 is 0 Å². The van der Waals surface area contributed by atoms with E-state index in [1.54, 1.807) is 0 Å². The summed E-state index contributed by atoms with van der Waals surface area (Å²) in [6, 6.07) is 0. The minimum absolute atomic E-state index is 0.0692. The van der Waals surface area contributed by atoms with Crippen molar-refractivity contribution in [2.24, 2.45) is 0 Å². The van der Waals surface area contributed by atoms with Crippen LogP contribution in [0.15, 0.2) is 36.5 Å². The van der Waals surface area contributed by atoms with Gasteiger partial charge in [-0.3, -0.25) is 14.4 Å². The number of hydrogen-bond acceptors (Lipinski definition) is 6. The van der Waals surface area contributed by atoms with Crippen LogP contribution in [0.5, 0.6) is 0 Å². The van der Waals surface area contributed by atoms with Gasteiger partial charge in [-0.05, 0) is 57.8 Å². The van der Waals surface area contributed by atoms with E-state index >= 15 is 0 Å². The molecule has 0 saturated heterocycles. The lowest BCUT2D eigenvalue weighted by atomic mass is 10.0. The minimum atomic E-state index is -0.771. The molecule has 0 spiro atoms. The Bertz CT molecular complexity index is 1160. The first kappa shape index (κ1) is 66.6. The molecule has 69 heavy (non-hydrogen) atoms. The van der Waals surface area contributed by atoms with Crippen LogP contribution in [0.1, 0.15) is 329 Å². The van der Waals surface area contributed by atoms with Gasteiger partial charge >= 0.3 is 17.9 Å². The van der Waals surface area contributed by atoms with Crippen molar-refractivity contribution in [1.82, 2.24) is 0 Å². The third kappa shape index (κ3) is 56.4.